The highest BCUT2D eigenvalue weighted by molar-refractivity contribution is 7.18. The smallest absolute Gasteiger partial charge is 0.307 e. The number of aryl methyl sites for hydroxylation is 1. The molecule has 2 aromatic rings. The summed E-state index contributed by atoms with van der Waals surface area (Å²) in [6.45, 7) is 3.63. The van der Waals surface area contributed by atoms with Crippen LogP contribution in [0.5, 0.6) is 5.75 Å². The zero-order chi connectivity index (χ0) is 47.9. The molecule has 21 nitrogen and oxygen atoms in total. The van der Waals surface area contributed by atoms with Crippen molar-refractivity contribution in [3.05, 3.63) is 41.7 Å². The summed E-state index contributed by atoms with van der Waals surface area (Å²) in [5.41, 5.74) is 17.6. The van der Waals surface area contributed by atoms with E-state index in [0.717, 1.165) is 0 Å². The van der Waals surface area contributed by atoms with Gasteiger partial charge in [-0.1, -0.05) is 31.2 Å². The molecule has 0 fully saturated rings. The number of guanidine groups is 1. The molecular weight excluding hydrogens is 839 g/mol. The maximum atomic E-state index is 14.0. The van der Waals surface area contributed by atoms with E-state index in [1.165, 1.54) is 35.1 Å². The van der Waals surface area contributed by atoms with Crippen molar-refractivity contribution in [2.45, 2.75) is 110 Å². The lowest BCUT2D eigenvalue weighted by atomic mass is 9.87. The molecule has 0 aliphatic carbocycles. The number of benzene rings is 1. The molecule has 0 aliphatic rings. The Hall–Kier alpha value is -5.82. The van der Waals surface area contributed by atoms with Gasteiger partial charge in [0.05, 0.1) is 42.2 Å². The molecule has 1 heterocycles. The Labute approximate surface area is 369 Å². The predicted molar refractivity (Wildman–Crippen MR) is 234 cm³/mol. The molecule has 1 aromatic heterocycles. The number of phenolic OH excluding ortho intramolecular Hbond substituents is 1. The van der Waals surface area contributed by atoms with Crippen LogP contribution in [0.25, 0.3) is 0 Å². The number of phenols is 1. The van der Waals surface area contributed by atoms with Crippen molar-refractivity contribution < 1.29 is 55.0 Å². The van der Waals surface area contributed by atoms with Crippen LogP contribution in [0, 0.1) is 23.7 Å². The minimum absolute atomic E-state index is 0.0190. The molecule has 12 N–H and O–H groups in total. The number of carboxylic acids is 2. The number of nitrogens with two attached hydrogens (primary N) is 3. The number of aromatic hydroxyl groups is 1. The molecule has 348 valence electrons. The number of amides is 3. The van der Waals surface area contributed by atoms with Gasteiger partial charge in [0.1, 0.15) is 18.2 Å². The quantitative estimate of drug-likeness (QED) is 0.0205. The van der Waals surface area contributed by atoms with Gasteiger partial charge in [0.15, 0.2) is 17.5 Å². The number of Topliss-reactive ketones (excluding diaryl/α,β-unsaturated/α-hetero) is 3. The molecule has 22 heteroatoms. The van der Waals surface area contributed by atoms with E-state index in [1.807, 2.05) is 0 Å². The van der Waals surface area contributed by atoms with Crippen molar-refractivity contribution >= 4 is 62.2 Å². The van der Waals surface area contributed by atoms with Gasteiger partial charge in [0, 0.05) is 45.7 Å². The van der Waals surface area contributed by atoms with E-state index in [0.29, 0.717) is 30.5 Å². The lowest BCUT2D eigenvalue weighted by Crippen LogP contribution is -2.49. The first kappa shape index (κ1) is 51.5. The molecule has 0 aliphatic heterocycles. The lowest BCUT2D eigenvalue weighted by Gasteiger charge is -2.26. The molecule has 2 rings (SSSR count). The SMILES string of the molecule is [2H]C(P)C(=O)NCn1cc(CCC(=O)CC(CCCN=C(N)N)C(=O)NC(CCCCN)C(=O)CC(CC(=O)O)C(=O)NC(C(=O)CC(Cc2ccc(O)cc2)C(=O)O)C(C)C)nn1. The van der Waals surface area contributed by atoms with Gasteiger partial charge < -0.3 is 48.5 Å². The van der Waals surface area contributed by atoms with E-state index in [4.69, 9.17) is 18.6 Å². The van der Waals surface area contributed by atoms with Crippen LogP contribution < -0.4 is 33.2 Å². The summed E-state index contributed by atoms with van der Waals surface area (Å²) in [6.07, 6.45) is -0.187. The van der Waals surface area contributed by atoms with Crippen LogP contribution in [0.2, 0.25) is 0 Å². The highest BCUT2D eigenvalue weighted by atomic mass is 31.0. The Bertz CT molecular complexity index is 1930. The second-order valence-electron chi connectivity index (χ2n) is 15.6. The molecular formula is C41H63N10O11P. The zero-order valence-corrected chi connectivity index (χ0v) is 36.9. The second kappa shape index (κ2) is 28.0. The zero-order valence-electron chi connectivity index (χ0n) is 36.7. The number of aromatic nitrogens is 3. The number of unbranched alkanes of at least 4 members (excludes halogenated alkanes) is 1. The molecule has 7 atom stereocenters. The molecule has 7 unspecified atom stereocenters. The molecule has 63 heavy (non-hydrogen) atoms. The van der Waals surface area contributed by atoms with Gasteiger partial charge in [-0.05, 0) is 75.1 Å². The van der Waals surface area contributed by atoms with Crippen molar-refractivity contribution in [1.29, 1.82) is 0 Å². The summed E-state index contributed by atoms with van der Waals surface area (Å²) in [4.78, 5) is 108. The number of nitrogens with zero attached hydrogens (tertiary/aromatic N) is 4. The van der Waals surface area contributed by atoms with Gasteiger partial charge in [-0.2, -0.15) is 0 Å². The minimum atomic E-state index is -1.48. The van der Waals surface area contributed by atoms with Gasteiger partial charge in [-0.15, -0.1) is 14.3 Å². The number of carbonyl (C=O) groups excluding carboxylic acids is 6. The predicted octanol–water partition coefficient (Wildman–Crippen LogP) is 0.202. The third-order valence-corrected chi connectivity index (χ3v) is 10.4. The Balaban J connectivity index is 2.24. The maximum absolute atomic E-state index is 14.0. The average molecular weight is 904 g/mol. The summed E-state index contributed by atoms with van der Waals surface area (Å²) in [5, 5.41) is 44.9. The van der Waals surface area contributed by atoms with E-state index in [2.05, 4.69) is 40.5 Å². The van der Waals surface area contributed by atoms with Crippen molar-refractivity contribution in [2.24, 2.45) is 45.9 Å². The number of hydrogen-bond acceptors (Lipinski definition) is 13. The Morgan fingerprint density at radius 3 is 2.14 bits per heavy atom. The number of hydrogen-bond donors (Lipinski definition) is 9. The van der Waals surface area contributed by atoms with Crippen molar-refractivity contribution in [2.75, 3.05) is 19.2 Å². The van der Waals surface area contributed by atoms with Crippen LogP contribution in [-0.2, 0) is 57.9 Å². The van der Waals surface area contributed by atoms with Crippen LogP contribution in [0.3, 0.4) is 0 Å². The first-order valence-electron chi connectivity index (χ1n) is 21.3. The highest BCUT2D eigenvalue weighted by Crippen LogP contribution is 2.22. The average Bonchev–Trinajstić information content (AvgIpc) is 3.69. The number of carbonyl (C=O) groups is 8. The minimum Gasteiger partial charge on any atom is -0.508 e. The Kier molecular flexibility index (Phi) is 22.9. The van der Waals surface area contributed by atoms with E-state index >= 15 is 0 Å². The van der Waals surface area contributed by atoms with E-state index in [9.17, 15) is 53.7 Å². The van der Waals surface area contributed by atoms with E-state index in [-0.39, 0.29) is 75.8 Å². The normalized spacial score (nSPS) is 14.2. The fourth-order valence-electron chi connectivity index (χ4n) is 6.64. The topological polar surface area (TPSA) is 354 Å². The summed E-state index contributed by atoms with van der Waals surface area (Å²) >= 11 is 0. The molecule has 0 bridgehead atoms. The van der Waals surface area contributed by atoms with Gasteiger partial charge in [0.25, 0.3) is 0 Å². The van der Waals surface area contributed by atoms with Crippen LogP contribution in [0.1, 0.15) is 90.7 Å². The van der Waals surface area contributed by atoms with Crippen LogP contribution in [0.4, 0.5) is 0 Å². The fourth-order valence-corrected chi connectivity index (χ4v) is 6.75. The summed E-state index contributed by atoms with van der Waals surface area (Å²) < 4.78 is 8.75. The van der Waals surface area contributed by atoms with E-state index in [1.54, 1.807) is 13.8 Å². The number of aliphatic carboxylic acids is 2. The largest absolute Gasteiger partial charge is 0.508 e. The van der Waals surface area contributed by atoms with Gasteiger partial charge in [0.2, 0.25) is 17.7 Å². The van der Waals surface area contributed by atoms with Gasteiger partial charge >= 0.3 is 11.9 Å². The van der Waals surface area contributed by atoms with Crippen LogP contribution in [-0.4, -0.2) is 115 Å². The molecule has 0 saturated heterocycles. The van der Waals surface area contributed by atoms with E-state index < -0.39 is 102 Å². The second-order valence-corrected chi connectivity index (χ2v) is 16.0. The third kappa shape index (κ3) is 20.7. The first-order valence-corrected chi connectivity index (χ1v) is 21.4. The number of ketones is 3. The fraction of sp³-hybridized carbons (Fsp3) is 0.585. The maximum Gasteiger partial charge on any atom is 0.307 e. The third-order valence-electron chi connectivity index (χ3n) is 10.1. The van der Waals surface area contributed by atoms with Crippen LogP contribution in [0.15, 0.2) is 35.5 Å². The molecule has 0 saturated carbocycles. The summed E-state index contributed by atoms with van der Waals surface area (Å²) in [7, 11) is 2.05. The van der Waals surface area contributed by atoms with Crippen molar-refractivity contribution in [1.82, 2.24) is 30.9 Å². The number of nitrogens with one attached hydrogen (secondary N) is 3. The molecule has 0 spiro atoms. The van der Waals surface area contributed by atoms with Gasteiger partial charge in [-0.3, -0.25) is 43.3 Å². The Morgan fingerprint density at radius 2 is 1.54 bits per heavy atom. The number of rotatable bonds is 32. The highest BCUT2D eigenvalue weighted by Gasteiger charge is 2.35. The van der Waals surface area contributed by atoms with Crippen LogP contribution >= 0.6 is 9.24 Å². The van der Waals surface area contributed by atoms with Crippen molar-refractivity contribution in [3.63, 3.8) is 0 Å². The molecule has 3 amide bonds. The summed E-state index contributed by atoms with van der Waals surface area (Å²) in [5.74, 6) is -10.7. The first-order chi connectivity index (χ1) is 30.2. The number of aliphatic imine (C=N–C) groups is 1. The standard InChI is InChI=1S/C41H63N10O11P/c1-24(2)37(34(55)19-28(40(61)62)16-25-8-11-30(52)12-9-25)48-39(60)27(20-36(57)58)18-33(54)32(7-3-4-14-42)47-38(59)26(6-5-15-45-41(43)44)17-31(53)13-10-29-21-51(50-49-29)23-46-35(56)22-63/h8-9,11-12,21,24,26-28,32,37,52H,3-7,10,13-20,22-23,42,63H2,1-2H3,(H,46,56)(H,47,59)(H,48,60)(H,57,58)(H,61,62)(H4,43,44,45)/i22D. The monoisotopic (exact) mass is 903 g/mol. The Morgan fingerprint density at radius 1 is 0.873 bits per heavy atom. The molecule has 1 aromatic carbocycles. The molecule has 0 radical (unpaired) electrons. The lowest BCUT2D eigenvalue weighted by molar-refractivity contribution is -0.145. The summed E-state index contributed by atoms with van der Waals surface area (Å²) in [6, 6.07) is 3.39. The van der Waals surface area contributed by atoms with Crippen molar-refractivity contribution in [3.8, 4) is 5.75 Å². The van der Waals surface area contributed by atoms with Gasteiger partial charge in [-0.25, -0.2) is 4.68 Å². The number of carboxylic acid groups (broad SMARTS) is 2.